The predicted octanol–water partition coefficient (Wildman–Crippen LogP) is 2.71. The van der Waals surface area contributed by atoms with E-state index >= 15 is 0 Å². The van der Waals surface area contributed by atoms with Crippen LogP contribution in [0.5, 0.6) is 0 Å². The summed E-state index contributed by atoms with van der Waals surface area (Å²) in [6.07, 6.45) is 5.60. The summed E-state index contributed by atoms with van der Waals surface area (Å²) in [5.74, 6) is 0.152. The molecule has 3 rings (SSSR count). The molecule has 1 aromatic rings. The van der Waals surface area contributed by atoms with Gasteiger partial charge in [-0.3, -0.25) is 14.6 Å². The zero-order valence-electron chi connectivity index (χ0n) is 16.0. The maximum Gasteiger partial charge on any atom is 0.310 e. The first-order valence-electron chi connectivity index (χ1n) is 9.32. The fourth-order valence-electron chi connectivity index (χ4n) is 3.85. The van der Waals surface area contributed by atoms with Crippen molar-refractivity contribution >= 4 is 11.9 Å². The standard InChI is InChI=1S/C20H28N2O4/c1-12-9-16(25-15-5-6-17(23)22-19(12)15)14-7-8-21-11-13(14)10-18(24)26-20(2,3)4/h7-8,11-12,15-16,19H,5-6,9-10H2,1-4H3,(H,22,23)/t12-,15-,16-,19-/m1/s1. The van der Waals surface area contributed by atoms with Crippen LogP contribution in [0.2, 0.25) is 0 Å². The zero-order valence-corrected chi connectivity index (χ0v) is 16.0. The second-order valence-electron chi connectivity index (χ2n) is 8.35. The first-order valence-corrected chi connectivity index (χ1v) is 9.32. The van der Waals surface area contributed by atoms with E-state index in [-0.39, 0.29) is 36.5 Å². The van der Waals surface area contributed by atoms with Crippen molar-refractivity contribution < 1.29 is 19.1 Å². The Morgan fingerprint density at radius 3 is 2.92 bits per heavy atom. The summed E-state index contributed by atoms with van der Waals surface area (Å²) >= 11 is 0. The molecule has 0 unspecified atom stereocenters. The molecule has 6 nitrogen and oxygen atoms in total. The number of ether oxygens (including phenoxy) is 2. The molecule has 2 aliphatic rings. The van der Waals surface area contributed by atoms with Gasteiger partial charge in [-0.1, -0.05) is 6.92 Å². The highest BCUT2D eigenvalue weighted by Crippen LogP contribution is 2.38. The van der Waals surface area contributed by atoms with Crippen molar-refractivity contribution in [2.24, 2.45) is 5.92 Å². The van der Waals surface area contributed by atoms with Crippen LogP contribution in [0.1, 0.15) is 64.2 Å². The third-order valence-electron chi connectivity index (χ3n) is 4.97. The molecule has 1 amide bonds. The summed E-state index contributed by atoms with van der Waals surface area (Å²) < 4.78 is 11.8. The van der Waals surface area contributed by atoms with Gasteiger partial charge in [0.25, 0.3) is 0 Å². The van der Waals surface area contributed by atoms with E-state index in [9.17, 15) is 9.59 Å². The van der Waals surface area contributed by atoms with Gasteiger partial charge in [0, 0.05) is 18.8 Å². The Balaban J connectivity index is 1.75. The molecule has 4 atom stereocenters. The maximum absolute atomic E-state index is 12.3. The number of fused-ring (bicyclic) bond motifs is 1. The Bertz CT molecular complexity index is 683. The summed E-state index contributed by atoms with van der Waals surface area (Å²) in [6.45, 7) is 7.73. The molecule has 0 radical (unpaired) electrons. The van der Waals surface area contributed by atoms with Crippen LogP contribution in [-0.2, 0) is 25.5 Å². The lowest BCUT2D eigenvalue weighted by molar-refractivity contribution is -0.154. The number of hydrogen-bond acceptors (Lipinski definition) is 5. The minimum Gasteiger partial charge on any atom is -0.460 e. The van der Waals surface area contributed by atoms with E-state index in [1.54, 1.807) is 12.4 Å². The largest absolute Gasteiger partial charge is 0.460 e. The van der Waals surface area contributed by atoms with Crippen LogP contribution < -0.4 is 5.32 Å². The molecular formula is C20H28N2O4. The number of carbonyl (C=O) groups excluding carboxylic acids is 2. The summed E-state index contributed by atoms with van der Waals surface area (Å²) in [7, 11) is 0. The van der Waals surface area contributed by atoms with Crippen LogP contribution in [0.25, 0.3) is 0 Å². The monoisotopic (exact) mass is 360 g/mol. The van der Waals surface area contributed by atoms with Gasteiger partial charge < -0.3 is 14.8 Å². The number of carbonyl (C=O) groups is 2. The molecule has 3 heterocycles. The minimum absolute atomic E-state index is 0.0176. The van der Waals surface area contributed by atoms with E-state index in [0.717, 1.165) is 24.0 Å². The Morgan fingerprint density at radius 1 is 1.42 bits per heavy atom. The summed E-state index contributed by atoms with van der Waals surface area (Å²) in [4.78, 5) is 28.1. The lowest BCUT2D eigenvalue weighted by Gasteiger charge is -2.44. The Kier molecular flexibility index (Phi) is 5.32. The Hall–Kier alpha value is -1.95. The topological polar surface area (TPSA) is 77.5 Å². The predicted molar refractivity (Wildman–Crippen MR) is 96.3 cm³/mol. The quantitative estimate of drug-likeness (QED) is 0.839. The van der Waals surface area contributed by atoms with Crippen LogP contribution in [0, 0.1) is 5.92 Å². The SMILES string of the molecule is C[C@@H]1C[C@H](c2ccncc2CC(=O)OC(C)(C)C)O[C@@H]2CCC(=O)N[C@H]12. The van der Waals surface area contributed by atoms with Gasteiger partial charge in [-0.05, 0) is 56.7 Å². The van der Waals surface area contributed by atoms with Gasteiger partial charge in [-0.25, -0.2) is 0 Å². The minimum atomic E-state index is -0.511. The van der Waals surface area contributed by atoms with Crippen LogP contribution in [0.15, 0.2) is 18.5 Å². The molecule has 0 aromatic carbocycles. The zero-order chi connectivity index (χ0) is 18.9. The molecule has 2 fully saturated rings. The van der Waals surface area contributed by atoms with Crippen molar-refractivity contribution in [1.82, 2.24) is 10.3 Å². The van der Waals surface area contributed by atoms with Crippen LogP contribution >= 0.6 is 0 Å². The van der Waals surface area contributed by atoms with Crippen LogP contribution in [-0.4, -0.2) is 34.6 Å². The first-order chi connectivity index (χ1) is 12.2. The number of nitrogens with one attached hydrogen (secondary N) is 1. The normalized spacial score (nSPS) is 28.8. The van der Waals surface area contributed by atoms with Crippen LogP contribution in [0.4, 0.5) is 0 Å². The van der Waals surface area contributed by atoms with Gasteiger partial charge in [0.1, 0.15) is 5.60 Å². The third kappa shape index (κ3) is 4.41. The lowest BCUT2D eigenvalue weighted by atomic mass is 9.82. The molecule has 2 aliphatic heterocycles. The molecule has 0 spiro atoms. The van der Waals surface area contributed by atoms with E-state index in [2.05, 4.69) is 17.2 Å². The summed E-state index contributed by atoms with van der Waals surface area (Å²) in [5, 5.41) is 3.06. The van der Waals surface area contributed by atoms with E-state index < -0.39 is 5.60 Å². The van der Waals surface area contributed by atoms with Gasteiger partial charge in [0.2, 0.25) is 5.91 Å². The number of amides is 1. The van der Waals surface area contributed by atoms with E-state index in [1.165, 1.54) is 0 Å². The number of hydrogen-bond donors (Lipinski definition) is 1. The number of rotatable bonds is 3. The molecule has 0 bridgehead atoms. The van der Waals surface area contributed by atoms with Gasteiger partial charge in [0.05, 0.1) is 24.7 Å². The number of esters is 1. The second-order valence-corrected chi connectivity index (χ2v) is 8.35. The maximum atomic E-state index is 12.3. The molecule has 26 heavy (non-hydrogen) atoms. The van der Waals surface area contributed by atoms with Crippen molar-refractivity contribution in [2.75, 3.05) is 0 Å². The third-order valence-corrected chi connectivity index (χ3v) is 4.97. The van der Waals surface area contributed by atoms with Gasteiger partial charge >= 0.3 is 5.97 Å². The fraction of sp³-hybridized carbons (Fsp3) is 0.650. The number of piperidine rings is 1. The highest BCUT2D eigenvalue weighted by molar-refractivity contribution is 5.77. The smallest absolute Gasteiger partial charge is 0.310 e. The average Bonchev–Trinajstić information content (AvgIpc) is 2.54. The molecule has 6 heteroatoms. The van der Waals surface area contributed by atoms with Crippen molar-refractivity contribution in [3.05, 3.63) is 29.6 Å². The van der Waals surface area contributed by atoms with Crippen molar-refractivity contribution in [1.29, 1.82) is 0 Å². The summed E-state index contributed by atoms with van der Waals surface area (Å²) in [5.41, 5.74) is 1.33. The molecule has 0 aliphatic carbocycles. The Labute approximate surface area is 154 Å². The first kappa shape index (κ1) is 18.8. The molecular weight excluding hydrogens is 332 g/mol. The fourth-order valence-corrected chi connectivity index (χ4v) is 3.85. The van der Waals surface area contributed by atoms with Gasteiger partial charge in [-0.2, -0.15) is 0 Å². The molecule has 1 aromatic heterocycles. The van der Waals surface area contributed by atoms with E-state index in [4.69, 9.17) is 9.47 Å². The van der Waals surface area contributed by atoms with Crippen LogP contribution in [0.3, 0.4) is 0 Å². The lowest BCUT2D eigenvalue weighted by Crippen LogP contribution is -2.55. The number of pyridine rings is 1. The number of nitrogens with zero attached hydrogens (tertiary/aromatic N) is 1. The summed E-state index contributed by atoms with van der Waals surface area (Å²) in [6, 6.07) is 2.00. The number of aromatic nitrogens is 1. The van der Waals surface area contributed by atoms with E-state index in [1.807, 2.05) is 26.8 Å². The molecule has 2 saturated heterocycles. The van der Waals surface area contributed by atoms with Gasteiger partial charge in [0.15, 0.2) is 0 Å². The van der Waals surface area contributed by atoms with Crippen molar-refractivity contribution in [2.45, 2.75) is 77.2 Å². The Morgan fingerprint density at radius 2 is 2.19 bits per heavy atom. The van der Waals surface area contributed by atoms with Gasteiger partial charge in [-0.15, -0.1) is 0 Å². The van der Waals surface area contributed by atoms with Crippen molar-refractivity contribution in [3.63, 3.8) is 0 Å². The highest BCUT2D eigenvalue weighted by atomic mass is 16.6. The molecule has 142 valence electrons. The van der Waals surface area contributed by atoms with E-state index in [0.29, 0.717) is 12.3 Å². The molecule has 0 saturated carbocycles. The highest BCUT2D eigenvalue weighted by Gasteiger charge is 2.40. The average molecular weight is 360 g/mol. The molecule has 1 N–H and O–H groups in total. The second kappa shape index (κ2) is 7.35. The van der Waals surface area contributed by atoms with Crippen molar-refractivity contribution in [3.8, 4) is 0 Å².